The van der Waals surface area contributed by atoms with Crippen LogP contribution in [-0.2, 0) is 0 Å². The number of imidazole rings is 1. The fourth-order valence-electron chi connectivity index (χ4n) is 2.85. The molecule has 0 saturated carbocycles. The second-order valence-corrected chi connectivity index (χ2v) is 6.20. The standard InChI is InChI=1S/C19H22N4O2/c1-12(2)23-17(22-16-6-5-11-20-18(16)23)13(3)21-19(24)14-7-9-15(25-4)10-8-14/h5-13H,1-4H3,(H,21,24)/t13-/m1/s1. The van der Waals surface area contributed by atoms with Gasteiger partial charge >= 0.3 is 0 Å². The van der Waals surface area contributed by atoms with Gasteiger partial charge in [-0.3, -0.25) is 4.79 Å². The molecule has 6 heteroatoms. The first-order valence-corrected chi connectivity index (χ1v) is 8.29. The molecule has 2 aromatic heterocycles. The Hall–Kier alpha value is -2.89. The van der Waals surface area contributed by atoms with Gasteiger partial charge in [0.25, 0.3) is 5.91 Å². The van der Waals surface area contributed by atoms with E-state index in [0.717, 1.165) is 22.7 Å². The number of nitrogens with one attached hydrogen (secondary N) is 1. The number of rotatable bonds is 5. The smallest absolute Gasteiger partial charge is 0.251 e. The van der Waals surface area contributed by atoms with Gasteiger partial charge in [-0.1, -0.05) is 0 Å². The van der Waals surface area contributed by atoms with E-state index >= 15 is 0 Å². The predicted octanol–water partition coefficient (Wildman–Crippen LogP) is 3.51. The van der Waals surface area contributed by atoms with Crippen molar-refractivity contribution >= 4 is 17.1 Å². The Morgan fingerprint density at radius 2 is 1.88 bits per heavy atom. The maximum Gasteiger partial charge on any atom is 0.251 e. The van der Waals surface area contributed by atoms with Crippen molar-refractivity contribution in [3.63, 3.8) is 0 Å². The van der Waals surface area contributed by atoms with Crippen LogP contribution >= 0.6 is 0 Å². The quantitative estimate of drug-likeness (QED) is 0.773. The maximum absolute atomic E-state index is 12.5. The Balaban J connectivity index is 1.87. The summed E-state index contributed by atoms with van der Waals surface area (Å²) in [5.41, 5.74) is 2.24. The highest BCUT2D eigenvalue weighted by Crippen LogP contribution is 2.23. The van der Waals surface area contributed by atoms with E-state index < -0.39 is 0 Å². The molecule has 3 rings (SSSR count). The molecule has 0 aliphatic heterocycles. The largest absolute Gasteiger partial charge is 0.497 e. The molecule has 2 heterocycles. The number of pyridine rings is 1. The molecule has 0 fully saturated rings. The molecule has 0 aliphatic carbocycles. The lowest BCUT2D eigenvalue weighted by Crippen LogP contribution is -2.29. The fraction of sp³-hybridized carbons (Fsp3) is 0.316. The van der Waals surface area contributed by atoms with Crippen molar-refractivity contribution in [1.82, 2.24) is 19.9 Å². The van der Waals surface area contributed by atoms with E-state index in [4.69, 9.17) is 4.74 Å². The molecule has 3 aromatic rings. The van der Waals surface area contributed by atoms with E-state index in [9.17, 15) is 4.79 Å². The molecule has 0 unspecified atom stereocenters. The first-order valence-electron chi connectivity index (χ1n) is 8.29. The molecule has 0 aliphatic rings. The summed E-state index contributed by atoms with van der Waals surface area (Å²) in [4.78, 5) is 21.6. The highest BCUT2D eigenvalue weighted by Gasteiger charge is 2.21. The number of amides is 1. The van der Waals surface area contributed by atoms with Crippen molar-refractivity contribution in [2.75, 3.05) is 7.11 Å². The van der Waals surface area contributed by atoms with Crippen molar-refractivity contribution in [2.24, 2.45) is 0 Å². The summed E-state index contributed by atoms with van der Waals surface area (Å²) in [7, 11) is 1.60. The number of hydrogen-bond acceptors (Lipinski definition) is 4. The van der Waals surface area contributed by atoms with Crippen molar-refractivity contribution in [1.29, 1.82) is 0 Å². The van der Waals surface area contributed by atoms with Gasteiger partial charge in [0.2, 0.25) is 0 Å². The highest BCUT2D eigenvalue weighted by molar-refractivity contribution is 5.94. The first kappa shape index (κ1) is 17.0. The van der Waals surface area contributed by atoms with Gasteiger partial charge in [0.1, 0.15) is 17.1 Å². The SMILES string of the molecule is COc1ccc(C(=O)N[C@H](C)c2nc3cccnc3n2C(C)C)cc1. The van der Waals surface area contributed by atoms with Crippen LogP contribution in [0.5, 0.6) is 5.75 Å². The topological polar surface area (TPSA) is 69.0 Å². The number of nitrogens with zero attached hydrogens (tertiary/aromatic N) is 3. The lowest BCUT2D eigenvalue weighted by Gasteiger charge is -2.18. The molecule has 130 valence electrons. The number of carbonyl (C=O) groups is 1. The third-order valence-electron chi connectivity index (χ3n) is 4.08. The Morgan fingerprint density at radius 1 is 1.16 bits per heavy atom. The molecular weight excluding hydrogens is 316 g/mol. The van der Waals surface area contributed by atoms with Gasteiger partial charge < -0.3 is 14.6 Å². The van der Waals surface area contributed by atoms with Crippen LogP contribution in [0.3, 0.4) is 0 Å². The molecule has 6 nitrogen and oxygen atoms in total. The van der Waals surface area contributed by atoms with Crippen LogP contribution in [0.25, 0.3) is 11.2 Å². The first-order chi connectivity index (χ1) is 12.0. The summed E-state index contributed by atoms with van der Waals surface area (Å²) >= 11 is 0. The molecule has 1 atom stereocenters. The summed E-state index contributed by atoms with van der Waals surface area (Å²) < 4.78 is 7.19. The van der Waals surface area contributed by atoms with E-state index in [1.165, 1.54) is 0 Å². The number of aromatic nitrogens is 3. The third-order valence-corrected chi connectivity index (χ3v) is 4.08. The molecule has 1 N–H and O–H groups in total. The molecule has 1 amide bonds. The maximum atomic E-state index is 12.5. The molecule has 0 radical (unpaired) electrons. The van der Waals surface area contributed by atoms with Gasteiger partial charge in [-0.15, -0.1) is 0 Å². The molecule has 0 bridgehead atoms. The van der Waals surface area contributed by atoms with Crippen LogP contribution in [0.4, 0.5) is 0 Å². The van der Waals surface area contributed by atoms with Crippen molar-refractivity contribution < 1.29 is 9.53 Å². The summed E-state index contributed by atoms with van der Waals surface area (Å²) in [5.74, 6) is 1.37. The predicted molar refractivity (Wildman–Crippen MR) is 96.8 cm³/mol. The monoisotopic (exact) mass is 338 g/mol. The number of carbonyl (C=O) groups excluding carboxylic acids is 1. The number of methoxy groups -OCH3 is 1. The van der Waals surface area contributed by atoms with E-state index in [0.29, 0.717) is 5.56 Å². The third kappa shape index (κ3) is 3.33. The molecular formula is C19H22N4O2. The lowest BCUT2D eigenvalue weighted by molar-refractivity contribution is 0.0937. The van der Waals surface area contributed by atoms with Gasteiger partial charge in [0.05, 0.1) is 13.2 Å². The van der Waals surface area contributed by atoms with Crippen LogP contribution in [0.15, 0.2) is 42.6 Å². The zero-order valence-corrected chi connectivity index (χ0v) is 14.9. The van der Waals surface area contributed by atoms with Crippen LogP contribution in [0, 0.1) is 0 Å². The van der Waals surface area contributed by atoms with E-state index in [2.05, 4.69) is 33.7 Å². The van der Waals surface area contributed by atoms with Crippen molar-refractivity contribution in [2.45, 2.75) is 32.9 Å². The Labute approximate surface area is 146 Å². The van der Waals surface area contributed by atoms with E-state index in [-0.39, 0.29) is 18.0 Å². The van der Waals surface area contributed by atoms with Crippen molar-refractivity contribution in [3.8, 4) is 5.75 Å². The fourth-order valence-corrected chi connectivity index (χ4v) is 2.85. The normalized spacial score (nSPS) is 12.4. The van der Waals surface area contributed by atoms with Crippen molar-refractivity contribution in [3.05, 3.63) is 54.0 Å². The Morgan fingerprint density at radius 3 is 2.52 bits per heavy atom. The second kappa shape index (κ2) is 6.93. The van der Waals surface area contributed by atoms with Crippen LogP contribution in [-0.4, -0.2) is 27.6 Å². The Kier molecular flexibility index (Phi) is 4.70. The number of benzene rings is 1. The number of ether oxygens (including phenoxy) is 1. The summed E-state index contributed by atoms with van der Waals surface area (Å²) in [6, 6.07) is 10.8. The molecule has 0 saturated heterocycles. The summed E-state index contributed by atoms with van der Waals surface area (Å²) in [6.07, 6.45) is 1.76. The Bertz CT molecular complexity index is 884. The summed E-state index contributed by atoms with van der Waals surface area (Å²) in [6.45, 7) is 6.09. The average Bonchev–Trinajstić information content (AvgIpc) is 3.01. The molecule has 25 heavy (non-hydrogen) atoms. The van der Waals surface area contributed by atoms with E-state index in [1.54, 1.807) is 37.6 Å². The minimum atomic E-state index is -0.244. The van der Waals surface area contributed by atoms with Crippen LogP contribution in [0.1, 0.15) is 49.0 Å². The highest BCUT2D eigenvalue weighted by atomic mass is 16.5. The summed E-state index contributed by atoms with van der Waals surface area (Å²) in [5, 5.41) is 3.02. The lowest BCUT2D eigenvalue weighted by atomic mass is 10.2. The minimum Gasteiger partial charge on any atom is -0.497 e. The zero-order valence-electron chi connectivity index (χ0n) is 14.9. The molecule has 1 aromatic carbocycles. The van der Waals surface area contributed by atoms with Gasteiger partial charge in [-0.05, 0) is 57.2 Å². The van der Waals surface area contributed by atoms with Gasteiger partial charge in [0, 0.05) is 17.8 Å². The minimum absolute atomic E-state index is 0.148. The average molecular weight is 338 g/mol. The number of hydrogen-bond donors (Lipinski definition) is 1. The van der Waals surface area contributed by atoms with Gasteiger partial charge in [0.15, 0.2) is 5.65 Å². The number of fused-ring (bicyclic) bond motifs is 1. The van der Waals surface area contributed by atoms with Crippen LogP contribution < -0.4 is 10.1 Å². The second-order valence-electron chi connectivity index (χ2n) is 6.20. The molecule has 0 spiro atoms. The zero-order chi connectivity index (χ0) is 18.0. The van der Waals surface area contributed by atoms with Gasteiger partial charge in [-0.2, -0.15) is 0 Å². The van der Waals surface area contributed by atoms with Crippen LogP contribution in [0.2, 0.25) is 0 Å². The van der Waals surface area contributed by atoms with E-state index in [1.807, 2.05) is 19.1 Å². The van der Waals surface area contributed by atoms with Gasteiger partial charge in [-0.25, -0.2) is 9.97 Å².